The molecular formula is C48H60N8O12. The first-order valence-electron chi connectivity index (χ1n) is 22.3. The summed E-state index contributed by atoms with van der Waals surface area (Å²) in [7, 11) is 1.07. The van der Waals surface area contributed by atoms with Gasteiger partial charge in [0.25, 0.3) is 11.8 Å². The molecule has 2 aliphatic heterocycles. The van der Waals surface area contributed by atoms with E-state index in [4.69, 9.17) is 10.5 Å². The monoisotopic (exact) mass is 940 g/mol. The number of likely N-dealkylation sites (tertiary alicyclic amines) is 2. The number of nitrogens with zero attached hydrogens (tertiary/aromatic N) is 2. The smallest absolute Gasteiger partial charge is 0.396 e. The molecule has 6 atom stereocenters. The second-order valence-corrected chi connectivity index (χ2v) is 17.7. The molecular weight excluding hydrogens is 881 g/mol. The highest BCUT2D eigenvalue weighted by atomic mass is 16.5. The molecule has 20 nitrogen and oxygen atoms in total. The number of nitrogens with two attached hydrogens (primary N) is 1. The van der Waals surface area contributed by atoms with E-state index < -0.39 is 102 Å². The average Bonchev–Trinajstić information content (AvgIpc) is 4.01. The van der Waals surface area contributed by atoms with Crippen LogP contribution in [-0.4, -0.2) is 137 Å². The molecule has 3 aromatic rings. The lowest BCUT2D eigenvalue weighted by Gasteiger charge is -2.32. The van der Waals surface area contributed by atoms with Gasteiger partial charge < -0.3 is 56.7 Å². The van der Waals surface area contributed by atoms with Crippen LogP contribution < -0.4 is 37.1 Å². The fourth-order valence-corrected chi connectivity index (χ4v) is 7.96. The Hall–Kier alpha value is -7.35. The summed E-state index contributed by atoms with van der Waals surface area (Å²) in [5.74, 6) is -6.85. The lowest BCUT2D eigenvalue weighted by molar-refractivity contribution is -0.159. The van der Waals surface area contributed by atoms with Crippen molar-refractivity contribution in [1.82, 2.24) is 31.1 Å². The standard InChI is InChI=1S/C48H60N8O12/c1-48(2,3)54-44(63)37-18-12-23-55(37)45(64)40(59)33(25-29-13-7-5-8-14-29)52-42(61)35(27-38(49)57)51-39(58)28-68-32-21-19-31(20-22-32)50-41(60)34(26-30-15-9-6-10-16-30)53-43(62)36-17-11-24-56(36)46(65)47(66)67-4/h5-10,13-16,19-22,33-37,40,59H,11-12,17-18,23-28H2,1-4H3,(H2,49,57)(H,50,60)(H,51,58)(H,52,61)(H,53,62)(H,54,63)/t33-,34+,35-,36-,37-,40-/m0/s1. The maximum absolute atomic E-state index is 13.8. The Labute approximate surface area is 394 Å². The molecule has 0 aromatic heterocycles. The predicted molar refractivity (Wildman–Crippen MR) is 246 cm³/mol. The number of aliphatic hydroxyl groups is 1. The van der Waals surface area contributed by atoms with E-state index >= 15 is 0 Å². The van der Waals surface area contributed by atoms with Gasteiger partial charge in [0.05, 0.1) is 19.6 Å². The summed E-state index contributed by atoms with van der Waals surface area (Å²) >= 11 is 0. The number of carbonyl (C=O) groups excluding carboxylic acids is 9. The Kier molecular flexibility index (Phi) is 18.1. The number of benzene rings is 3. The van der Waals surface area contributed by atoms with E-state index in [-0.39, 0.29) is 44.0 Å². The third kappa shape index (κ3) is 14.8. The molecule has 0 spiro atoms. The van der Waals surface area contributed by atoms with Crippen LogP contribution in [0.2, 0.25) is 0 Å². The third-order valence-corrected chi connectivity index (χ3v) is 11.2. The molecule has 2 fully saturated rings. The lowest BCUT2D eigenvalue weighted by Crippen LogP contribution is -2.59. The van der Waals surface area contributed by atoms with Crippen molar-refractivity contribution in [1.29, 1.82) is 0 Å². The number of hydrogen-bond donors (Lipinski definition) is 7. The molecule has 0 unspecified atom stereocenters. The zero-order valence-corrected chi connectivity index (χ0v) is 38.5. The van der Waals surface area contributed by atoms with E-state index in [0.29, 0.717) is 30.5 Å². The van der Waals surface area contributed by atoms with E-state index in [1.807, 2.05) is 20.8 Å². The highest BCUT2D eigenvalue weighted by molar-refractivity contribution is 6.32. The number of amides is 8. The highest BCUT2D eigenvalue weighted by Gasteiger charge is 2.42. The molecule has 8 amide bonds. The fraction of sp³-hybridized carbons (Fsp3) is 0.438. The SMILES string of the molecule is COC(=O)C(=O)N1CCC[C@H]1C(=O)N[C@H](Cc1ccccc1)C(=O)Nc1ccc(OCC(=O)N[C@@H](CC(N)=O)C(=O)N[C@@H](Cc2ccccc2)[C@H](O)C(=O)N2CCC[C@H]2C(=O)NC(C)(C)C)cc1. The van der Waals surface area contributed by atoms with Crippen LogP contribution in [0.1, 0.15) is 64.0 Å². The third-order valence-electron chi connectivity index (χ3n) is 11.2. The number of primary amides is 1. The molecule has 0 radical (unpaired) electrons. The van der Waals surface area contributed by atoms with Gasteiger partial charge in [0.1, 0.15) is 29.9 Å². The predicted octanol–water partition coefficient (Wildman–Crippen LogP) is 0.250. The number of esters is 1. The summed E-state index contributed by atoms with van der Waals surface area (Å²) in [5, 5.41) is 24.9. The van der Waals surface area contributed by atoms with Crippen molar-refractivity contribution in [3.63, 3.8) is 0 Å². The Balaban J connectivity index is 1.21. The van der Waals surface area contributed by atoms with Crippen LogP contribution in [0.3, 0.4) is 0 Å². The summed E-state index contributed by atoms with van der Waals surface area (Å²) in [6.07, 6.45) is -0.700. The van der Waals surface area contributed by atoms with E-state index in [2.05, 4.69) is 31.3 Å². The highest BCUT2D eigenvalue weighted by Crippen LogP contribution is 2.23. The first kappa shape index (κ1) is 51.6. The summed E-state index contributed by atoms with van der Waals surface area (Å²) in [5.41, 5.74) is 6.60. The zero-order chi connectivity index (χ0) is 49.5. The molecule has 0 aliphatic carbocycles. The lowest BCUT2D eigenvalue weighted by atomic mass is 9.99. The molecule has 20 heteroatoms. The van der Waals surface area contributed by atoms with E-state index in [1.165, 1.54) is 29.2 Å². The van der Waals surface area contributed by atoms with E-state index in [0.717, 1.165) is 17.6 Å². The van der Waals surface area contributed by atoms with Crippen LogP contribution in [0.5, 0.6) is 5.75 Å². The number of carbonyl (C=O) groups is 9. The normalized spacial score (nSPS) is 17.4. The first-order valence-corrected chi connectivity index (χ1v) is 22.3. The number of hydrogen-bond acceptors (Lipinski definition) is 12. The summed E-state index contributed by atoms with van der Waals surface area (Å²) in [4.78, 5) is 120. The van der Waals surface area contributed by atoms with Crippen LogP contribution in [-0.2, 0) is 60.7 Å². The summed E-state index contributed by atoms with van der Waals surface area (Å²) < 4.78 is 10.2. The zero-order valence-electron chi connectivity index (χ0n) is 38.5. The summed E-state index contributed by atoms with van der Waals surface area (Å²) in [6.45, 7) is 5.19. The first-order chi connectivity index (χ1) is 32.3. The van der Waals surface area contributed by atoms with Crippen molar-refractivity contribution < 1.29 is 57.7 Å². The van der Waals surface area contributed by atoms with Gasteiger partial charge in [0.2, 0.25) is 29.5 Å². The van der Waals surface area contributed by atoms with Gasteiger partial charge in [-0.3, -0.25) is 38.4 Å². The van der Waals surface area contributed by atoms with Crippen molar-refractivity contribution in [2.45, 2.75) is 108 Å². The number of nitrogens with one attached hydrogen (secondary N) is 5. The van der Waals surface area contributed by atoms with Crippen LogP contribution in [0.15, 0.2) is 84.9 Å². The van der Waals surface area contributed by atoms with Crippen LogP contribution in [0, 0.1) is 0 Å². The van der Waals surface area contributed by atoms with Crippen LogP contribution in [0.4, 0.5) is 5.69 Å². The second kappa shape index (κ2) is 23.9. The molecule has 0 bridgehead atoms. The topological polar surface area (TPSA) is 285 Å². The molecule has 0 saturated carbocycles. The van der Waals surface area contributed by atoms with E-state index in [1.54, 1.807) is 60.7 Å². The van der Waals surface area contributed by atoms with Gasteiger partial charge in [-0.1, -0.05) is 60.7 Å². The number of aliphatic hydroxyl groups excluding tert-OH is 1. The molecule has 364 valence electrons. The van der Waals surface area contributed by atoms with Gasteiger partial charge in [-0.05, 0) is 88.3 Å². The largest absolute Gasteiger partial charge is 0.484 e. The van der Waals surface area contributed by atoms with Crippen LogP contribution >= 0.6 is 0 Å². The molecule has 2 aliphatic rings. The fourth-order valence-electron chi connectivity index (χ4n) is 7.96. The quantitative estimate of drug-likeness (QED) is 0.0630. The van der Waals surface area contributed by atoms with Crippen LogP contribution in [0.25, 0.3) is 0 Å². The molecule has 3 aromatic carbocycles. The minimum absolute atomic E-state index is 0.0227. The van der Waals surface area contributed by atoms with Gasteiger partial charge in [-0.25, -0.2) is 4.79 Å². The van der Waals surface area contributed by atoms with Gasteiger partial charge in [0.15, 0.2) is 12.7 Å². The Morgan fingerprint density at radius 2 is 1.29 bits per heavy atom. The Morgan fingerprint density at radius 3 is 1.87 bits per heavy atom. The molecule has 2 saturated heterocycles. The van der Waals surface area contributed by atoms with E-state index in [9.17, 15) is 48.3 Å². The minimum atomic E-state index is -1.81. The van der Waals surface area contributed by atoms with Gasteiger partial charge >= 0.3 is 11.9 Å². The molecule has 68 heavy (non-hydrogen) atoms. The molecule has 8 N–H and O–H groups in total. The maximum atomic E-state index is 13.8. The number of rotatable bonds is 19. The average molecular weight is 941 g/mol. The van der Waals surface area contributed by atoms with Gasteiger partial charge in [0, 0.05) is 30.7 Å². The maximum Gasteiger partial charge on any atom is 0.396 e. The summed E-state index contributed by atoms with van der Waals surface area (Å²) in [6, 6.07) is 17.9. The van der Waals surface area contributed by atoms with Gasteiger partial charge in [-0.15, -0.1) is 0 Å². The molecule has 5 rings (SSSR count). The molecule has 2 heterocycles. The number of methoxy groups -OCH3 is 1. The van der Waals surface area contributed by atoms with Crippen molar-refractivity contribution in [2.75, 3.05) is 32.1 Å². The Bertz CT molecular complexity index is 2290. The number of ether oxygens (including phenoxy) is 2. The van der Waals surface area contributed by atoms with Crippen molar-refractivity contribution in [3.05, 3.63) is 96.1 Å². The number of anilines is 1. The van der Waals surface area contributed by atoms with Crippen molar-refractivity contribution >= 4 is 58.9 Å². The van der Waals surface area contributed by atoms with Crippen molar-refractivity contribution in [3.8, 4) is 5.75 Å². The second-order valence-electron chi connectivity index (χ2n) is 17.7. The Morgan fingerprint density at radius 1 is 0.721 bits per heavy atom. The minimum Gasteiger partial charge on any atom is -0.484 e. The van der Waals surface area contributed by atoms with Gasteiger partial charge in [-0.2, -0.15) is 0 Å². The van der Waals surface area contributed by atoms with Crippen molar-refractivity contribution in [2.24, 2.45) is 5.73 Å².